The fourth-order valence-electron chi connectivity index (χ4n) is 4.46. The van der Waals surface area contributed by atoms with Crippen LogP contribution >= 0.6 is 11.6 Å². The van der Waals surface area contributed by atoms with Crippen molar-refractivity contribution >= 4 is 70.5 Å². The Kier molecular flexibility index (Phi) is 5.50. The number of fused-ring (bicyclic) bond motifs is 2. The van der Waals surface area contributed by atoms with Gasteiger partial charge in [-0.3, -0.25) is 0 Å². The van der Waals surface area contributed by atoms with Gasteiger partial charge < -0.3 is 0 Å². The van der Waals surface area contributed by atoms with E-state index in [9.17, 15) is 9.59 Å². The fraction of sp³-hybridized carbons (Fsp3) is 0. The number of halogens is 1. The van der Waals surface area contributed by atoms with Crippen molar-refractivity contribution in [1.29, 1.82) is 0 Å². The maximum absolute atomic E-state index is 12.9. The fourth-order valence-corrected chi connectivity index (χ4v) is 6.66. The van der Waals surface area contributed by atoms with E-state index in [1.54, 1.807) is 30.3 Å². The van der Waals surface area contributed by atoms with Gasteiger partial charge in [-0.15, -0.1) is 0 Å². The molecular weight excluding hydrogens is 521 g/mol. The number of anilines is 3. The molecule has 1 aliphatic carbocycles. The number of carbonyl (C=O) groups is 2. The molecule has 0 N–H and O–H groups in total. The Labute approximate surface area is 213 Å². The van der Waals surface area contributed by atoms with Gasteiger partial charge in [0.1, 0.15) is 0 Å². The van der Waals surface area contributed by atoms with Gasteiger partial charge >= 0.3 is 214 Å². The van der Waals surface area contributed by atoms with E-state index in [1.165, 1.54) is 0 Å². The zero-order chi connectivity index (χ0) is 23.9. The van der Waals surface area contributed by atoms with E-state index in [0.29, 0.717) is 16.1 Å². The van der Waals surface area contributed by atoms with Gasteiger partial charge in [0, 0.05) is 0 Å². The second-order valence-electron chi connectivity index (χ2n) is 8.25. The van der Waals surface area contributed by atoms with Gasteiger partial charge in [0.25, 0.3) is 0 Å². The van der Waals surface area contributed by atoms with Gasteiger partial charge in [-0.05, 0) is 0 Å². The molecule has 0 atom stereocenters. The van der Waals surface area contributed by atoms with Crippen LogP contribution in [0.2, 0.25) is 5.02 Å². The number of hydrogen-bond donors (Lipinski definition) is 0. The molecule has 3 nitrogen and oxygen atoms in total. The Morgan fingerprint density at radius 3 is 2.09 bits per heavy atom. The molecule has 35 heavy (non-hydrogen) atoms. The van der Waals surface area contributed by atoms with Crippen molar-refractivity contribution in [2.24, 2.45) is 0 Å². The maximum atomic E-state index is 12.9. The third-order valence-electron chi connectivity index (χ3n) is 6.12. The number of nitrogens with zero attached hydrogens (tertiary/aromatic N) is 1. The predicted molar refractivity (Wildman–Crippen MR) is 144 cm³/mol. The topological polar surface area (TPSA) is 37.4 Å². The molecule has 0 fully saturated rings. The van der Waals surface area contributed by atoms with Crippen LogP contribution in [0.25, 0.3) is 16.8 Å². The van der Waals surface area contributed by atoms with Gasteiger partial charge in [0.15, 0.2) is 0 Å². The summed E-state index contributed by atoms with van der Waals surface area (Å²) in [5.41, 5.74) is 3.29. The molecule has 1 aromatic heterocycles. The molecule has 0 bridgehead atoms. The normalized spacial score (nSPS) is 12.8. The molecule has 6 rings (SSSR count). The number of rotatable bonds is 4. The Hall–Kier alpha value is -3.69. The van der Waals surface area contributed by atoms with E-state index in [2.05, 4.69) is 41.3 Å². The van der Waals surface area contributed by atoms with Crippen LogP contribution in [0, 0.1) is 0 Å². The first-order chi connectivity index (χ1) is 17.1. The van der Waals surface area contributed by atoms with Gasteiger partial charge in [0.05, 0.1) is 0 Å². The molecule has 1 aliphatic rings. The van der Waals surface area contributed by atoms with Crippen LogP contribution in [-0.4, -0.2) is 26.1 Å². The molecule has 0 spiro atoms. The molecule has 0 unspecified atom stereocenters. The van der Waals surface area contributed by atoms with E-state index in [-0.39, 0.29) is 31.6 Å². The van der Waals surface area contributed by atoms with E-state index in [1.807, 2.05) is 42.5 Å². The minimum absolute atomic E-state index is 0.112. The Morgan fingerprint density at radius 2 is 1.34 bits per heavy atom. The standard InChI is InChI=1S/C30H18ClNO2Se/c31-20-12-14-21(15-13-20)32(27-11-5-7-19-6-1-2-8-23(19)27)28-17-16-22(35-28)18-26-29(33)24-9-3-4-10-25(24)30(26)34/h1-18H. The number of carbonyl (C=O) groups excluding carboxylic acids is 2. The van der Waals surface area contributed by atoms with Gasteiger partial charge in [-0.25, -0.2) is 0 Å². The average molecular weight is 539 g/mol. The molecule has 0 saturated heterocycles. The summed E-state index contributed by atoms with van der Waals surface area (Å²) in [7, 11) is 0. The van der Waals surface area contributed by atoms with Crippen molar-refractivity contribution in [1.82, 2.24) is 0 Å². The van der Waals surface area contributed by atoms with Crippen molar-refractivity contribution in [3.8, 4) is 0 Å². The summed E-state index contributed by atoms with van der Waals surface area (Å²) < 4.78 is 2.09. The molecule has 0 saturated carbocycles. The molecule has 1 heterocycles. The third-order valence-corrected chi connectivity index (χ3v) is 8.50. The molecule has 168 valence electrons. The van der Waals surface area contributed by atoms with Gasteiger partial charge in [-0.2, -0.15) is 0 Å². The monoisotopic (exact) mass is 539 g/mol. The predicted octanol–water partition coefficient (Wildman–Crippen LogP) is 7.48. The minimum atomic E-state index is -0.195. The molecule has 4 aromatic carbocycles. The Morgan fingerprint density at radius 1 is 0.686 bits per heavy atom. The first kappa shape index (κ1) is 21.8. The summed E-state index contributed by atoms with van der Waals surface area (Å²) in [5.74, 6) is -0.390. The summed E-state index contributed by atoms with van der Waals surface area (Å²) in [5, 5.41) is 2.98. The van der Waals surface area contributed by atoms with Gasteiger partial charge in [0.2, 0.25) is 0 Å². The van der Waals surface area contributed by atoms with E-state index in [0.717, 1.165) is 31.1 Å². The first-order valence-corrected chi connectivity index (χ1v) is 13.2. The number of allylic oxidation sites excluding steroid dienone is 1. The van der Waals surface area contributed by atoms with E-state index < -0.39 is 0 Å². The summed E-state index contributed by atoms with van der Waals surface area (Å²) in [6, 6.07) is 33.5. The van der Waals surface area contributed by atoms with Crippen LogP contribution in [0.5, 0.6) is 0 Å². The van der Waals surface area contributed by atoms with Crippen molar-refractivity contribution in [2.45, 2.75) is 0 Å². The molecule has 0 aliphatic heterocycles. The Balaban J connectivity index is 1.46. The molecule has 0 radical (unpaired) electrons. The summed E-state index contributed by atoms with van der Waals surface area (Å²) in [6.07, 6.45) is 1.78. The molecule has 0 amide bonds. The summed E-state index contributed by atoms with van der Waals surface area (Å²) in [4.78, 5) is 28.0. The SMILES string of the molecule is O=C1C(=Cc2ccc(N(c3ccc(Cl)cc3)c3cccc4ccccc34)[se]2)C(=O)c2ccccc21. The number of benzene rings is 4. The zero-order valence-electron chi connectivity index (χ0n) is 18.4. The summed E-state index contributed by atoms with van der Waals surface area (Å²) in [6.45, 7) is 0. The van der Waals surface area contributed by atoms with Crippen molar-refractivity contribution < 1.29 is 9.59 Å². The molecule has 5 heteroatoms. The number of hydrogen-bond acceptors (Lipinski definition) is 3. The third kappa shape index (κ3) is 3.86. The van der Waals surface area contributed by atoms with Gasteiger partial charge in [-0.1, -0.05) is 0 Å². The number of ketones is 2. The molecular formula is C30H18ClNO2Se. The van der Waals surface area contributed by atoms with Crippen LogP contribution in [0.3, 0.4) is 0 Å². The molecule has 5 aromatic rings. The second-order valence-corrected chi connectivity index (χ2v) is 11.0. The second kappa shape index (κ2) is 8.83. The zero-order valence-corrected chi connectivity index (χ0v) is 20.9. The average Bonchev–Trinajstić information content (AvgIpc) is 3.44. The number of Topliss-reactive ketones (excluding diaryl/α,β-unsaturated/α-hetero) is 2. The van der Waals surface area contributed by atoms with E-state index >= 15 is 0 Å². The van der Waals surface area contributed by atoms with Crippen LogP contribution in [0.15, 0.2) is 109 Å². The van der Waals surface area contributed by atoms with E-state index in [4.69, 9.17) is 11.6 Å². The summed E-state index contributed by atoms with van der Waals surface area (Å²) >= 11 is 6.08. The van der Waals surface area contributed by atoms with Crippen LogP contribution in [0.4, 0.5) is 15.9 Å². The van der Waals surface area contributed by atoms with Crippen LogP contribution in [0.1, 0.15) is 25.2 Å². The van der Waals surface area contributed by atoms with Crippen molar-refractivity contribution in [3.63, 3.8) is 0 Å². The van der Waals surface area contributed by atoms with Crippen molar-refractivity contribution in [3.05, 3.63) is 129 Å². The van der Waals surface area contributed by atoms with Crippen molar-refractivity contribution in [2.75, 3.05) is 4.90 Å². The van der Waals surface area contributed by atoms with Crippen LogP contribution < -0.4 is 4.90 Å². The quantitative estimate of drug-likeness (QED) is 0.135. The first-order valence-electron chi connectivity index (χ1n) is 11.1. The Bertz CT molecular complexity index is 1610. The van der Waals surface area contributed by atoms with Crippen LogP contribution in [-0.2, 0) is 0 Å².